The predicted molar refractivity (Wildman–Crippen MR) is 71.5 cm³/mol. The Bertz CT molecular complexity index is 615. The second-order valence-electron chi connectivity index (χ2n) is 4.21. The molecule has 1 aromatic carbocycles. The first-order valence-corrected chi connectivity index (χ1v) is 7.59. The van der Waals surface area contributed by atoms with Crippen LogP contribution in [0.25, 0.3) is 0 Å². The minimum absolute atomic E-state index is 0.214. The van der Waals surface area contributed by atoms with Gasteiger partial charge in [-0.1, -0.05) is 11.6 Å². The van der Waals surface area contributed by atoms with Crippen LogP contribution in [0.1, 0.15) is 23.7 Å². The van der Waals surface area contributed by atoms with Crippen molar-refractivity contribution in [2.24, 2.45) is 0 Å². The monoisotopic (exact) mass is 324 g/mol. The fraction of sp³-hybridized carbons (Fsp3) is 0.417. The molecule has 0 radical (unpaired) electrons. The number of aromatic carboxylic acids is 1. The van der Waals surface area contributed by atoms with Crippen LogP contribution in [0.5, 0.6) is 0 Å². The molecule has 0 bridgehead atoms. The van der Waals surface area contributed by atoms with Gasteiger partial charge in [0.1, 0.15) is 5.82 Å². The van der Waals surface area contributed by atoms with E-state index in [1.54, 1.807) is 0 Å². The van der Waals surface area contributed by atoms with Crippen LogP contribution in [-0.2, 0) is 14.6 Å². The molecule has 1 atom stereocenters. The summed E-state index contributed by atoms with van der Waals surface area (Å²) in [5.74, 6) is -2.57. The highest BCUT2D eigenvalue weighted by Gasteiger charge is 2.26. The summed E-state index contributed by atoms with van der Waals surface area (Å²) >= 11 is 5.50. The molecular formula is C12H14ClFO5S. The smallest absolute Gasteiger partial charge is 0.337 e. The number of benzene rings is 1. The molecule has 1 rings (SSSR count). The van der Waals surface area contributed by atoms with Gasteiger partial charge in [-0.3, -0.25) is 0 Å². The third-order valence-electron chi connectivity index (χ3n) is 2.82. The van der Waals surface area contributed by atoms with Crippen molar-refractivity contribution in [2.45, 2.75) is 23.5 Å². The third-order valence-corrected chi connectivity index (χ3v) is 5.39. The van der Waals surface area contributed by atoms with Crippen LogP contribution < -0.4 is 0 Å². The summed E-state index contributed by atoms with van der Waals surface area (Å²) in [6.07, 6.45) is 0.214. The summed E-state index contributed by atoms with van der Waals surface area (Å²) in [5.41, 5.74) is -0.579. The van der Waals surface area contributed by atoms with Crippen LogP contribution in [0.15, 0.2) is 17.0 Å². The third kappa shape index (κ3) is 3.47. The topological polar surface area (TPSA) is 80.7 Å². The SMILES string of the molecule is COCCC(C)S(=O)(=O)c1cc(F)c(Cl)c(C(=O)O)c1. The summed E-state index contributed by atoms with van der Waals surface area (Å²) < 4.78 is 42.8. The van der Waals surface area contributed by atoms with Gasteiger partial charge in [0.25, 0.3) is 0 Å². The molecule has 0 heterocycles. The lowest BCUT2D eigenvalue weighted by molar-refractivity contribution is 0.0696. The maximum atomic E-state index is 13.6. The number of hydrogen-bond acceptors (Lipinski definition) is 4. The lowest BCUT2D eigenvalue weighted by Gasteiger charge is -2.13. The quantitative estimate of drug-likeness (QED) is 0.869. The van der Waals surface area contributed by atoms with Crippen molar-refractivity contribution in [3.63, 3.8) is 0 Å². The fourth-order valence-electron chi connectivity index (χ4n) is 1.56. The molecule has 1 aromatic rings. The standard InChI is InChI=1S/C12H14ClFO5S/c1-7(3-4-19-2)20(17,18)8-5-9(12(15)16)11(13)10(14)6-8/h5-7H,3-4H2,1-2H3,(H,15,16). The van der Waals surface area contributed by atoms with Gasteiger partial charge in [-0.15, -0.1) is 0 Å². The van der Waals surface area contributed by atoms with E-state index >= 15 is 0 Å². The Kier molecular flexibility index (Phi) is 5.50. The number of carbonyl (C=O) groups is 1. The molecule has 0 spiro atoms. The Morgan fingerprint density at radius 1 is 1.50 bits per heavy atom. The molecule has 0 aliphatic heterocycles. The number of carboxylic acids is 1. The predicted octanol–water partition coefficient (Wildman–Crippen LogP) is 2.38. The molecule has 0 amide bonds. The van der Waals surface area contributed by atoms with Crippen molar-refractivity contribution in [1.82, 2.24) is 0 Å². The van der Waals surface area contributed by atoms with Gasteiger partial charge in [-0.2, -0.15) is 0 Å². The Morgan fingerprint density at radius 2 is 2.10 bits per heavy atom. The summed E-state index contributed by atoms with van der Waals surface area (Å²) in [7, 11) is -2.41. The molecule has 1 unspecified atom stereocenters. The van der Waals surface area contributed by atoms with E-state index in [-0.39, 0.29) is 13.0 Å². The molecule has 0 saturated heterocycles. The van der Waals surface area contributed by atoms with E-state index in [9.17, 15) is 17.6 Å². The maximum Gasteiger partial charge on any atom is 0.337 e. The van der Waals surface area contributed by atoms with E-state index in [1.165, 1.54) is 14.0 Å². The van der Waals surface area contributed by atoms with Crippen molar-refractivity contribution in [3.05, 3.63) is 28.5 Å². The van der Waals surface area contributed by atoms with Gasteiger partial charge >= 0.3 is 5.97 Å². The summed E-state index contributed by atoms with van der Waals surface area (Å²) in [6.45, 7) is 1.67. The maximum absolute atomic E-state index is 13.6. The summed E-state index contributed by atoms with van der Waals surface area (Å²) in [6, 6.07) is 1.60. The molecule has 0 aliphatic rings. The lowest BCUT2D eigenvalue weighted by Crippen LogP contribution is -2.20. The van der Waals surface area contributed by atoms with Crippen LogP contribution in [0.4, 0.5) is 4.39 Å². The number of sulfone groups is 1. The van der Waals surface area contributed by atoms with Gasteiger partial charge in [-0.25, -0.2) is 17.6 Å². The molecule has 0 aliphatic carbocycles. The second kappa shape index (κ2) is 6.51. The van der Waals surface area contributed by atoms with Crippen molar-refractivity contribution >= 4 is 27.4 Å². The molecule has 112 valence electrons. The summed E-state index contributed by atoms with van der Waals surface area (Å²) in [4.78, 5) is 10.5. The van der Waals surface area contributed by atoms with E-state index < -0.39 is 42.4 Å². The number of rotatable bonds is 6. The Labute approximate surface area is 121 Å². The molecule has 0 aromatic heterocycles. The van der Waals surface area contributed by atoms with Gasteiger partial charge in [-0.05, 0) is 25.5 Å². The van der Waals surface area contributed by atoms with E-state index in [1.807, 2.05) is 0 Å². The van der Waals surface area contributed by atoms with E-state index in [0.717, 1.165) is 12.1 Å². The normalized spacial score (nSPS) is 13.2. The lowest BCUT2D eigenvalue weighted by atomic mass is 10.2. The molecule has 0 fully saturated rings. The average molecular weight is 325 g/mol. The highest BCUT2D eigenvalue weighted by atomic mass is 35.5. The Balaban J connectivity index is 3.29. The minimum atomic E-state index is -3.85. The zero-order valence-electron chi connectivity index (χ0n) is 10.9. The second-order valence-corrected chi connectivity index (χ2v) is 6.95. The first kappa shape index (κ1) is 16.9. The molecule has 0 saturated carbocycles. The van der Waals surface area contributed by atoms with Gasteiger partial charge < -0.3 is 9.84 Å². The Hall–Kier alpha value is -1.18. The van der Waals surface area contributed by atoms with Gasteiger partial charge in [0.15, 0.2) is 9.84 Å². The number of carboxylic acid groups (broad SMARTS) is 1. The fourth-order valence-corrected chi connectivity index (χ4v) is 3.17. The average Bonchev–Trinajstić information content (AvgIpc) is 2.38. The zero-order valence-corrected chi connectivity index (χ0v) is 12.5. The van der Waals surface area contributed by atoms with Gasteiger partial charge in [0.2, 0.25) is 0 Å². The molecule has 20 heavy (non-hydrogen) atoms. The largest absolute Gasteiger partial charge is 0.478 e. The number of halogens is 2. The summed E-state index contributed by atoms with van der Waals surface area (Å²) in [5, 5.41) is 7.46. The van der Waals surface area contributed by atoms with Crippen LogP contribution in [-0.4, -0.2) is 38.5 Å². The number of ether oxygens (including phenoxy) is 1. The Morgan fingerprint density at radius 3 is 2.60 bits per heavy atom. The molecule has 1 N–H and O–H groups in total. The van der Waals surface area contributed by atoms with E-state index in [0.29, 0.717) is 0 Å². The number of methoxy groups -OCH3 is 1. The van der Waals surface area contributed by atoms with Crippen LogP contribution >= 0.6 is 11.6 Å². The van der Waals surface area contributed by atoms with Crippen molar-refractivity contribution in [2.75, 3.05) is 13.7 Å². The van der Waals surface area contributed by atoms with Gasteiger partial charge in [0.05, 0.1) is 20.7 Å². The number of hydrogen-bond donors (Lipinski definition) is 1. The van der Waals surface area contributed by atoms with Crippen molar-refractivity contribution in [3.8, 4) is 0 Å². The van der Waals surface area contributed by atoms with E-state index in [2.05, 4.69) is 0 Å². The van der Waals surface area contributed by atoms with E-state index in [4.69, 9.17) is 21.4 Å². The molecule has 5 nitrogen and oxygen atoms in total. The van der Waals surface area contributed by atoms with Crippen molar-refractivity contribution < 1.29 is 27.4 Å². The first-order chi connectivity index (χ1) is 9.21. The highest BCUT2D eigenvalue weighted by molar-refractivity contribution is 7.92. The minimum Gasteiger partial charge on any atom is -0.478 e. The van der Waals surface area contributed by atoms with Gasteiger partial charge in [0, 0.05) is 13.7 Å². The van der Waals surface area contributed by atoms with Crippen LogP contribution in [0.3, 0.4) is 0 Å². The molecule has 8 heteroatoms. The highest BCUT2D eigenvalue weighted by Crippen LogP contribution is 2.27. The van der Waals surface area contributed by atoms with Crippen molar-refractivity contribution in [1.29, 1.82) is 0 Å². The molecular weight excluding hydrogens is 311 g/mol. The van der Waals surface area contributed by atoms with Crippen LogP contribution in [0, 0.1) is 5.82 Å². The zero-order chi connectivity index (χ0) is 15.5. The first-order valence-electron chi connectivity index (χ1n) is 5.67. The van der Waals surface area contributed by atoms with Crippen LogP contribution in [0.2, 0.25) is 5.02 Å².